The standard InChI is InChI=1S/C32H39N7O3S/c1-22(2)28-30-35-29(23-10-5-4-6-11-23)36-39(30)20-19-37(32(42)26-15-14-24-12-7-8-18-38(24)26)17-9-13-27(40)33-25(16-21-43-3)31(41)34-28/h4-8,10-12,14-15,18,22,25,28H,9,13,16-17,19-21H2,1-3H3,(H,33,40)(H,34,41)/t25-,28+/m0/s1. The molecule has 0 spiro atoms. The Morgan fingerprint density at radius 2 is 1.79 bits per heavy atom. The van der Waals surface area contributed by atoms with Crippen molar-refractivity contribution in [2.45, 2.75) is 51.7 Å². The van der Waals surface area contributed by atoms with Gasteiger partial charge in [0.2, 0.25) is 11.8 Å². The first-order valence-corrected chi connectivity index (χ1v) is 16.2. The summed E-state index contributed by atoms with van der Waals surface area (Å²) in [6, 6.07) is 18.2. The molecule has 3 aromatic heterocycles. The highest BCUT2D eigenvalue weighted by Gasteiger charge is 2.30. The number of carbonyl (C=O) groups excluding carboxylic acids is 3. The third-order valence-corrected chi connectivity index (χ3v) is 8.36. The number of fused-ring (bicyclic) bond motifs is 2. The van der Waals surface area contributed by atoms with E-state index in [1.165, 1.54) is 0 Å². The van der Waals surface area contributed by atoms with Crippen LogP contribution in [0, 0.1) is 5.92 Å². The summed E-state index contributed by atoms with van der Waals surface area (Å²) >= 11 is 1.63. The Morgan fingerprint density at radius 1 is 1.00 bits per heavy atom. The van der Waals surface area contributed by atoms with Gasteiger partial charge >= 0.3 is 0 Å². The molecule has 3 amide bonds. The van der Waals surface area contributed by atoms with Gasteiger partial charge in [0.05, 0.1) is 12.6 Å². The van der Waals surface area contributed by atoms with E-state index in [4.69, 9.17) is 10.1 Å². The highest BCUT2D eigenvalue weighted by atomic mass is 32.2. The maximum absolute atomic E-state index is 13.9. The predicted octanol–water partition coefficient (Wildman–Crippen LogP) is 4.19. The Kier molecular flexibility index (Phi) is 9.81. The Labute approximate surface area is 256 Å². The maximum Gasteiger partial charge on any atom is 0.270 e. The number of thioether (sulfide) groups is 1. The van der Waals surface area contributed by atoms with Gasteiger partial charge < -0.3 is 19.9 Å². The highest BCUT2D eigenvalue weighted by molar-refractivity contribution is 7.98. The Morgan fingerprint density at radius 3 is 2.56 bits per heavy atom. The lowest BCUT2D eigenvalue weighted by atomic mass is 10.0. The molecule has 0 aliphatic carbocycles. The monoisotopic (exact) mass is 601 g/mol. The fourth-order valence-corrected chi connectivity index (χ4v) is 5.84. The van der Waals surface area contributed by atoms with Crippen LogP contribution in [0.5, 0.6) is 0 Å². The van der Waals surface area contributed by atoms with E-state index in [1.54, 1.807) is 16.7 Å². The first kappa shape index (κ1) is 30.3. The molecule has 0 fully saturated rings. The zero-order chi connectivity index (χ0) is 30.3. The number of rotatable bonds is 6. The van der Waals surface area contributed by atoms with Crippen molar-refractivity contribution in [3.8, 4) is 11.4 Å². The Hall–Kier alpha value is -4.12. The van der Waals surface area contributed by atoms with E-state index < -0.39 is 12.1 Å². The summed E-state index contributed by atoms with van der Waals surface area (Å²) in [6.45, 7) is 5.18. The minimum absolute atomic E-state index is 0.00912. The van der Waals surface area contributed by atoms with Gasteiger partial charge in [-0.25, -0.2) is 9.67 Å². The molecule has 1 aliphatic heterocycles. The number of benzene rings is 1. The first-order chi connectivity index (χ1) is 20.9. The molecule has 0 unspecified atom stereocenters. The number of aromatic nitrogens is 4. The fourth-order valence-electron chi connectivity index (χ4n) is 5.37. The summed E-state index contributed by atoms with van der Waals surface area (Å²) in [5, 5.41) is 11.0. The summed E-state index contributed by atoms with van der Waals surface area (Å²) in [4.78, 5) is 47.2. The molecular weight excluding hydrogens is 562 g/mol. The first-order valence-electron chi connectivity index (χ1n) is 14.8. The molecule has 11 heteroatoms. The van der Waals surface area contributed by atoms with Gasteiger partial charge in [-0.2, -0.15) is 16.9 Å². The Bertz CT molecular complexity index is 1570. The van der Waals surface area contributed by atoms with Gasteiger partial charge in [0, 0.05) is 36.8 Å². The molecule has 0 radical (unpaired) electrons. The molecule has 1 aliphatic rings. The average Bonchev–Trinajstić information content (AvgIpc) is 3.64. The molecule has 43 heavy (non-hydrogen) atoms. The Balaban J connectivity index is 1.53. The molecule has 2 atom stereocenters. The second-order valence-corrected chi connectivity index (χ2v) is 12.1. The molecule has 2 N–H and O–H groups in total. The lowest BCUT2D eigenvalue weighted by molar-refractivity contribution is -0.129. The van der Waals surface area contributed by atoms with Crippen molar-refractivity contribution in [2.75, 3.05) is 25.1 Å². The van der Waals surface area contributed by atoms with E-state index in [1.807, 2.05) is 96.0 Å². The maximum atomic E-state index is 13.9. The van der Waals surface area contributed by atoms with E-state index in [-0.39, 0.29) is 30.1 Å². The van der Waals surface area contributed by atoms with Crippen molar-refractivity contribution >= 4 is 35.0 Å². The third kappa shape index (κ3) is 7.10. The van der Waals surface area contributed by atoms with Crippen molar-refractivity contribution in [3.63, 3.8) is 0 Å². The molecule has 0 bridgehead atoms. The van der Waals surface area contributed by atoms with Crippen LogP contribution in [0.1, 0.15) is 55.5 Å². The summed E-state index contributed by atoms with van der Waals surface area (Å²) in [6.07, 6.45) is 5.05. The van der Waals surface area contributed by atoms with E-state index in [0.29, 0.717) is 49.8 Å². The number of nitrogens with zero attached hydrogens (tertiary/aromatic N) is 5. The van der Waals surface area contributed by atoms with Crippen molar-refractivity contribution in [2.24, 2.45) is 5.92 Å². The van der Waals surface area contributed by atoms with Crippen LogP contribution in [0.4, 0.5) is 0 Å². The lowest BCUT2D eigenvalue weighted by Crippen LogP contribution is -2.49. The van der Waals surface area contributed by atoms with Crippen molar-refractivity contribution in [1.82, 2.24) is 34.7 Å². The van der Waals surface area contributed by atoms with Crippen LogP contribution < -0.4 is 10.6 Å². The average molecular weight is 602 g/mol. The molecule has 0 saturated carbocycles. The fraction of sp³-hybridized carbons (Fsp3) is 0.406. The van der Waals surface area contributed by atoms with Gasteiger partial charge in [0.1, 0.15) is 11.7 Å². The second kappa shape index (κ2) is 13.9. The van der Waals surface area contributed by atoms with Gasteiger partial charge in [0.25, 0.3) is 5.91 Å². The third-order valence-electron chi connectivity index (χ3n) is 7.72. The second-order valence-electron chi connectivity index (χ2n) is 11.1. The van der Waals surface area contributed by atoms with Crippen molar-refractivity contribution in [1.29, 1.82) is 0 Å². The molecule has 10 nitrogen and oxygen atoms in total. The summed E-state index contributed by atoms with van der Waals surface area (Å²) in [5.41, 5.74) is 2.37. The van der Waals surface area contributed by atoms with Gasteiger partial charge in [-0.3, -0.25) is 14.4 Å². The largest absolute Gasteiger partial charge is 0.344 e. The molecule has 226 valence electrons. The highest BCUT2D eigenvalue weighted by Crippen LogP contribution is 2.25. The van der Waals surface area contributed by atoms with Crippen LogP contribution in [0.3, 0.4) is 0 Å². The van der Waals surface area contributed by atoms with Gasteiger partial charge in [-0.15, -0.1) is 0 Å². The zero-order valence-electron chi connectivity index (χ0n) is 24.9. The number of pyridine rings is 1. The van der Waals surface area contributed by atoms with Crippen LogP contribution in [0.25, 0.3) is 16.9 Å². The molecule has 4 aromatic rings. The minimum Gasteiger partial charge on any atom is -0.344 e. The minimum atomic E-state index is -0.668. The molecule has 1 aromatic carbocycles. The molecular formula is C32H39N7O3S. The van der Waals surface area contributed by atoms with E-state index in [0.717, 1.165) is 16.8 Å². The van der Waals surface area contributed by atoms with E-state index >= 15 is 0 Å². The quantitative estimate of drug-likeness (QED) is 0.343. The molecule has 5 rings (SSSR count). The van der Waals surface area contributed by atoms with E-state index in [9.17, 15) is 14.4 Å². The van der Waals surface area contributed by atoms with Crippen molar-refractivity contribution < 1.29 is 14.4 Å². The lowest BCUT2D eigenvalue weighted by Gasteiger charge is -2.28. The van der Waals surface area contributed by atoms with Crippen LogP contribution in [0.2, 0.25) is 0 Å². The normalized spacial score (nSPS) is 18.7. The van der Waals surface area contributed by atoms with Crippen molar-refractivity contribution in [3.05, 3.63) is 78.4 Å². The van der Waals surface area contributed by atoms with Gasteiger partial charge in [-0.1, -0.05) is 50.2 Å². The summed E-state index contributed by atoms with van der Waals surface area (Å²) in [5.74, 6) is 1.35. The van der Waals surface area contributed by atoms with Gasteiger partial charge in [0.15, 0.2) is 11.6 Å². The number of nitrogens with one attached hydrogen (secondary N) is 2. The number of hydrogen-bond donors (Lipinski definition) is 2. The topological polar surface area (TPSA) is 114 Å². The van der Waals surface area contributed by atoms with Crippen LogP contribution in [0.15, 0.2) is 66.9 Å². The number of hydrogen-bond acceptors (Lipinski definition) is 6. The molecule has 4 heterocycles. The summed E-state index contributed by atoms with van der Waals surface area (Å²) in [7, 11) is 0. The number of carbonyl (C=O) groups is 3. The van der Waals surface area contributed by atoms with Crippen LogP contribution >= 0.6 is 11.8 Å². The molecule has 0 saturated heterocycles. The SMILES string of the molecule is CSCC[C@@H]1NC(=O)CCCN(C(=O)c2ccc3ccccn23)CCn2nc(-c3ccccc3)nc2[C@@H](C(C)C)NC1=O. The van der Waals surface area contributed by atoms with Crippen LogP contribution in [-0.4, -0.2) is 72.9 Å². The van der Waals surface area contributed by atoms with Crippen LogP contribution in [-0.2, 0) is 16.1 Å². The van der Waals surface area contributed by atoms with Gasteiger partial charge in [-0.05, 0) is 55.0 Å². The number of amides is 3. The zero-order valence-corrected chi connectivity index (χ0v) is 25.7. The predicted molar refractivity (Wildman–Crippen MR) is 169 cm³/mol. The summed E-state index contributed by atoms with van der Waals surface area (Å²) < 4.78 is 3.71. The smallest absolute Gasteiger partial charge is 0.270 e. The van der Waals surface area contributed by atoms with E-state index in [2.05, 4.69) is 10.6 Å².